The molecule has 1 amide bonds. The van der Waals surface area contributed by atoms with E-state index in [-0.39, 0.29) is 5.91 Å². The molecule has 3 aromatic rings. The highest BCUT2D eigenvalue weighted by Gasteiger charge is 2.11. The Morgan fingerprint density at radius 1 is 0.963 bits per heavy atom. The normalized spacial score (nSPS) is 10.5. The van der Waals surface area contributed by atoms with Gasteiger partial charge in [0.1, 0.15) is 0 Å². The summed E-state index contributed by atoms with van der Waals surface area (Å²) >= 11 is 0. The minimum absolute atomic E-state index is 0.0932. The second-order valence-corrected chi connectivity index (χ2v) is 5.92. The van der Waals surface area contributed by atoms with Crippen LogP contribution in [0, 0.1) is 0 Å². The van der Waals surface area contributed by atoms with E-state index in [9.17, 15) is 4.79 Å². The number of hydrogen-bond donors (Lipinski definition) is 2. The Hall–Kier alpha value is -3.28. The summed E-state index contributed by atoms with van der Waals surface area (Å²) in [6.45, 7) is 6.49. The molecule has 0 spiro atoms. The molecule has 3 rings (SSSR count). The zero-order valence-electron chi connectivity index (χ0n) is 15.7. The van der Waals surface area contributed by atoms with Crippen molar-refractivity contribution in [3.8, 4) is 11.5 Å². The first-order chi connectivity index (χ1) is 13.1. The number of benzene rings is 2. The molecule has 27 heavy (non-hydrogen) atoms. The van der Waals surface area contributed by atoms with Crippen LogP contribution in [0.25, 0.3) is 10.9 Å². The maximum absolute atomic E-state index is 11.1. The van der Waals surface area contributed by atoms with Crippen molar-refractivity contribution in [2.75, 3.05) is 23.8 Å². The standard InChI is InChI=1S/C21H23N3O3/c1-4-26-20-12-17-18(10-11-22-19(17)13-21(20)27-5-2)24-16-8-6-15(7-9-16)23-14(3)25/h6-13H,4-5H2,1-3H3,(H,22,24)(H,23,25). The molecule has 0 unspecified atom stereocenters. The number of carbonyl (C=O) groups is 1. The molecule has 0 saturated carbocycles. The highest BCUT2D eigenvalue weighted by atomic mass is 16.5. The molecule has 0 saturated heterocycles. The molecule has 0 fully saturated rings. The summed E-state index contributed by atoms with van der Waals surface area (Å²) in [4.78, 5) is 15.6. The summed E-state index contributed by atoms with van der Waals surface area (Å²) in [6.07, 6.45) is 1.76. The van der Waals surface area contributed by atoms with Crippen molar-refractivity contribution in [1.29, 1.82) is 0 Å². The second-order valence-electron chi connectivity index (χ2n) is 5.92. The zero-order valence-corrected chi connectivity index (χ0v) is 15.7. The van der Waals surface area contributed by atoms with Gasteiger partial charge >= 0.3 is 0 Å². The monoisotopic (exact) mass is 365 g/mol. The summed E-state index contributed by atoms with van der Waals surface area (Å²) in [5.74, 6) is 1.30. The van der Waals surface area contributed by atoms with E-state index in [1.54, 1.807) is 6.20 Å². The number of nitrogens with one attached hydrogen (secondary N) is 2. The molecule has 2 N–H and O–H groups in total. The van der Waals surface area contributed by atoms with Crippen LogP contribution >= 0.6 is 0 Å². The third-order valence-electron chi connectivity index (χ3n) is 3.89. The number of pyridine rings is 1. The number of carbonyl (C=O) groups excluding carboxylic acids is 1. The molecule has 6 heteroatoms. The van der Waals surface area contributed by atoms with Crippen LogP contribution in [-0.2, 0) is 4.79 Å². The van der Waals surface area contributed by atoms with Crippen LogP contribution in [0.5, 0.6) is 11.5 Å². The van der Waals surface area contributed by atoms with Crippen molar-refractivity contribution in [2.24, 2.45) is 0 Å². The molecule has 0 atom stereocenters. The molecule has 2 aromatic carbocycles. The number of hydrogen-bond acceptors (Lipinski definition) is 5. The van der Waals surface area contributed by atoms with Gasteiger partial charge in [-0.3, -0.25) is 9.78 Å². The molecule has 0 radical (unpaired) electrons. The van der Waals surface area contributed by atoms with E-state index < -0.39 is 0 Å². The fourth-order valence-corrected chi connectivity index (χ4v) is 2.79. The van der Waals surface area contributed by atoms with Gasteiger partial charge < -0.3 is 20.1 Å². The minimum Gasteiger partial charge on any atom is -0.490 e. The van der Waals surface area contributed by atoms with Crippen molar-refractivity contribution in [3.05, 3.63) is 48.7 Å². The molecule has 0 bridgehead atoms. The Bertz CT molecular complexity index is 939. The number of fused-ring (bicyclic) bond motifs is 1. The van der Waals surface area contributed by atoms with Crippen molar-refractivity contribution in [1.82, 2.24) is 4.98 Å². The third-order valence-corrected chi connectivity index (χ3v) is 3.89. The van der Waals surface area contributed by atoms with Gasteiger partial charge in [-0.05, 0) is 50.2 Å². The molecule has 0 aliphatic rings. The molecular formula is C21H23N3O3. The van der Waals surface area contributed by atoms with E-state index in [2.05, 4.69) is 15.6 Å². The van der Waals surface area contributed by atoms with E-state index in [0.717, 1.165) is 28.0 Å². The minimum atomic E-state index is -0.0932. The Kier molecular flexibility index (Phi) is 5.76. The largest absolute Gasteiger partial charge is 0.490 e. The summed E-state index contributed by atoms with van der Waals surface area (Å²) < 4.78 is 11.4. The number of aromatic nitrogens is 1. The van der Waals surface area contributed by atoms with Gasteiger partial charge in [-0.1, -0.05) is 0 Å². The molecule has 0 aliphatic carbocycles. The summed E-state index contributed by atoms with van der Waals surface area (Å²) in [5, 5.41) is 7.10. The molecule has 140 valence electrons. The van der Waals surface area contributed by atoms with Gasteiger partial charge in [-0.15, -0.1) is 0 Å². The quantitative estimate of drug-likeness (QED) is 0.633. The smallest absolute Gasteiger partial charge is 0.221 e. The fraction of sp³-hybridized carbons (Fsp3) is 0.238. The van der Waals surface area contributed by atoms with E-state index in [1.165, 1.54) is 6.92 Å². The lowest BCUT2D eigenvalue weighted by molar-refractivity contribution is -0.114. The first-order valence-electron chi connectivity index (χ1n) is 8.93. The predicted octanol–water partition coefficient (Wildman–Crippen LogP) is 4.73. The maximum Gasteiger partial charge on any atom is 0.221 e. The number of anilines is 3. The lowest BCUT2D eigenvalue weighted by Gasteiger charge is -2.15. The van der Waals surface area contributed by atoms with E-state index >= 15 is 0 Å². The number of nitrogens with zero attached hydrogens (tertiary/aromatic N) is 1. The summed E-state index contributed by atoms with van der Waals surface area (Å²) in [5.41, 5.74) is 3.40. The van der Waals surface area contributed by atoms with Gasteiger partial charge in [0.05, 0.1) is 18.7 Å². The molecular weight excluding hydrogens is 342 g/mol. The summed E-state index contributed by atoms with van der Waals surface area (Å²) in [7, 11) is 0. The average Bonchev–Trinajstić information content (AvgIpc) is 2.64. The zero-order chi connectivity index (χ0) is 19.2. The first kappa shape index (κ1) is 18.5. The Morgan fingerprint density at radius 2 is 1.59 bits per heavy atom. The average molecular weight is 365 g/mol. The highest BCUT2D eigenvalue weighted by molar-refractivity contribution is 5.95. The van der Waals surface area contributed by atoms with E-state index in [4.69, 9.17) is 9.47 Å². The SMILES string of the molecule is CCOc1cc2nccc(Nc3ccc(NC(C)=O)cc3)c2cc1OCC. The van der Waals surface area contributed by atoms with E-state index in [1.807, 2.05) is 56.3 Å². The lowest BCUT2D eigenvalue weighted by atomic mass is 10.1. The maximum atomic E-state index is 11.1. The van der Waals surface area contributed by atoms with Crippen LogP contribution in [0.2, 0.25) is 0 Å². The second kappa shape index (κ2) is 8.40. The molecule has 0 aliphatic heterocycles. The first-order valence-corrected chi connectivity index (χ1v) is 8.93. The van der Waals surface area contributed by atoms with Gasteiger partial charge in [-0.2, -0.15) is 0 Å². The molecule has 1 aromatic heterocycles. The Balaban J connectivity index is 1.94. The van der Waals surface area contributed by atoms with E-state index in [0.29, 0.717) is 24.7 Å². The lowest BCUT2D eigenvalue weighted by Crippen LogP contribution is -2.05. The van der Waals surface area contributed by atoms with Gasteiger partial charge in [0.25, 0.3) is 0 Å². The van der Waals surface area contributed by atoms with Crippen molar-refractivity contribution < 1.29 is 14.3 Å². The van der Waals surface area contributed by atoms with Crippen LogP contribution in [0.1, 0.15) is 20.8 Å². The van der Waals surface area contributed by atoms with Crippen LogP contribution in [0.3, 0.4) is 0 Å². The topological polar surface area (TPSA) is 72.5 Å². The summed E-state index contributed by atoms with van der Waals surface area (Å²) in [6, 6.07) is 13.3. The van der Waals surface area contributed by atoms with Gasteiger partial charge in [0.2, 0.25) is 5.91 Å². The van der Waals surface area contributed by atoms with Crippen LogP contribution in [-0.4, -0.2) is 24.1 Å². The van der Waals surface area contributed by atoms with Crippen LogP contribution in [0.4, 0.5) is 17.1 Å². The van der Waals surface area contributed by atoms with Gasteiger partial charge in [0.15, 0.2) is 11.5 Å². The van der Waals surface area contributed by atoms with Crippen LogP contribution < -0.4 is 20.1 Å². The van der Waals surface area contributed by atoms with Crippen LogP contribution in [0.15, 0.2) is 48.7 Å². The predicted molar refractivity (Wildman–Crippen MR) is 108 cm³/mol. The van der Waals surface area contributed by atoms with Gasteiger partial charge in [0, 0.05) is 41.6 Å². The molecule has 1 heterocycles. The highest BCUT2D eigenvalue weighted by Crippen LogP contribution is 2.35. The number of amides is 1. The Morgan fingerprint density at radius 3 is 2.22 bits per heavy atom. The third kappa shape index (κ3) is 4.47. The van der Waals surface area contributed by atoms with Crippen molar-refractivity contribution in [3.63, 3.8) is 0 Å². The molecule has 6 nitrogen and oxygen atoms in total. The van der Waals surface area contributed by atoms with Crippen molar-refractivity contribution >= 4 is 33.9 Å². The van der Waals surface area contributed by atoms with Gasteiger partial charge in [-0.25, -0.2) is 0 Å². The Labute approximate surface area is 158 Å². The fourth-order valence-electron chi connectivity index (χ4n) is 2.79. The number of ether oxygens (including phenoxy) is 2. The number of rotatable bonds is 7. The van der Waals surface area contributed by atoms with Crippen molar-refractivity contribution in [2.45, 2.75) is 20.8 Å².